The van der Waals surface area contributed by atoms with Crippen LogP contribution in [0, 0.1) is 5.82 Å². The highest BCUT2D eigenvalue weighted by Gasteiger charge is 2.50. The lowest BCUT2D eigenvalue weighted by Crippen LogP contribution is -2.67. The molecule has 0 unspecified atom stereocenters. The summed E-state index contributed by atoms with van der Waals surface area (Å²) in [5.41, 5.74) is 1.20. The van der Waals surface area contributed by atoms with E-state index in [2.05, 4.69) is 9.97 Å². The van der Waals surface area contributed by atoms with E-state index >= 15 is 0 Å². The first kappa shape index (κ1) is 17.2. The highest BCUT2D eigenvalue weighted by molar-refractivity contribution is 6.07. The van der Waals surface area contributed by atoms with Crippen molar-refractivity contribution >= 4 is 16.8 Å². The second kappa shape index (κ2) is 6.60. The minimum atomic E-state index is -0.465. The van der Waals surface area contributed by atoms with Gasteiger partial charge < -0.3 is 19.4 Å². The Balaban J connectivity index is 1.26. The van der Waals surface area contributed by atoms with Gasteiger partial charge in [-0.15, -0.1) is 0 Å². The van der Waals surface area contributed by atoms with Crippen LogP contribution in [-0.2, 0) is 4.74 Å². The molecule has 2 fully saturated rings. The van der Waals surface area contributed by atoms with Crippen molar-refractivity contribution in [3.8, 4) is 5.88 Å². The Morgan fingerprint density at radius 2 is 2.14 bits per heavy atom. The highest BCUT2D eigenvalue weighted by atomic mass is 19.1. The maximum atomic E-state index is 13.8. The van der Waals surface area contributed by atoms with Crippen molar-refractivity contribution in [1.82, 2.24) is 14.9 Å². The average Bonchev–Trinajstić information content (AvgIpc) is 3.12. The standard InChI is InChI=1S/C21H20FN3O3/c22-17-5-3-8-23-19(17)28-14-7-9-27-21(10-14)12-25(13-21)20(26)16-11-24-18-6-2-1-4-15(16)18/h1-6,8,11,14,24H,7,9-10,12-13H2/t14-/m0/s1. The topological polar surface area (TPSA) is 67.5 Å². The Hall–Kier alpha value is -2.93. The van der Waals surface area contributed by atoms with Crippen LogP contribution in [0.5, 0.6) is 5.88 Å². The predicted octanol–water partition coefficient (Wildman–Crippen LogP) is 3.15. The molecule has 1 spiro atoms. The van der Waals surface area contributed by atoms with Crippen molar-refractivity contribution in [2.24, 2.45) is 0 Å². The summed E-state index contributed by atoms with van der Waals surface area (Å²) in [6.07, 6.45) is 4.38. The molecule has 4 heterocycles. The number of fused-ring (bicyclic) bond motifs is 1. The number of benzene rings is 1. The zero-order chi connectivity index (χ0) is 19.1. The number of H-pyrrole nitrogens is 1. The molecule has 1 aromatic carbocycles. The molecule has 1 atom stereocenters. The number of ether oxygens (including phenoxy) is 2. The SMILES string of the molecule is O=C(c1c[nH]c2ccccc12)N1CC2(C[C@@H](Oc3ncccc3F)CCO2)C1. The number of amides is 1. The number of para-hydroxylation sites is 1. The van der Waals surface area contributed by atoms with E-state index in [4.69, 9.17) is 9.47 Å². The predicted molar refractivity (Wildman–Crippen MR) is 101 cm³/mol. The maximum absolute atomic E-state index is 13.8. The summed E-state index contributed by atoms with van der Waals surface area (Å²) in [5, 5.41) is 0.921. The zero-order valence-electron chi connectivity index (χ0n) is 15.2. The van der Waals surface area contributed by atoms with Crippen molar-refractivity contribution < 1.29 is 18.7 Å². The van der Waals surface area contributed by atoms with Crippen LogP contribution in [0.3, 0.4) is 0 Å². The Kier molecular flexibility index (Phi) is 4.05. The third-order valence-corrected chi connectivity index (χ3v) is 5.52. The molecule has 0 bridgehead atoms. The van der Waals surface area contributed by atoms with Gasteiger partial charge in [-0.2, -0.15) is 0 Å². The summed E-state index contributed by atoms with van der Waals surface area (Å²) >= 11 is 0. The summed E-state index contributed by atoms with van der Waals surface area (Å²) in [7, 11) is 0. The largest absolute Gasteiger partial charge is 0.472 e. The van der Waals surface area contributed by atoms with Crippen molar-refractivity contribution in [2.45, 2.75) is 24.5 Å². The van der Waals surface area contributed by atoms with Gasteiger partial charge in [-0.25, -0.2) is 9.37 Å². The Labute approximate surface area is 161 Å². The van der Waals surface area contributed by atoms with Crippen molar-refractivity contribution in [2.75, 3.05) is 19.7 Å². The minimum Gasteiger partial charge on any atom is -0.472 e. The van der Waals surface area contributed by atoms with Crippen molar-refractivity contribution in [1.29, 1.82) is 0 Å². The molecule has 28 heavy (non-hydrogen) atoms. The summed E-state index contributed by atoms with van der Waals surface area (Å²) in [6.45, 7) is 1.54. The Bertz CT molecular complexity index is 1030. The molecule has 5 rings (SSSR count). The van der Waals surface area contributed by atoms with E-state index in [1.807, 2.05) is 24.3 Å². The summed E-state index contributed by atoms with van der Waals surface area (Å²) in [5.74, 6) is -0.450. The fourth-order valence-corrected chi connectivity index (χ4v) is 4.13. The second-order valence-corrected chi connectivity index (χ2v) is 7.46. The first-order valence-electron chi connectivity index (χ1n) is 9.40. The quantitative estimate of drug-likeness (QED) is 0.757. The smallest absolute Gasteiger partial charge is 0.256 e. The molecule has 2 aliphatic rings. The van der Waals surface area contributed by atoms with Crippen LogP contribution >= 0.6 is 0 Å². The van der Waals surface area contributed by atoms with Crippen LogP contribution in [0.1, 0.15) is 23.2 Å². The molecule has 0 radical (unpaired) electrons. The number of halogens is 1. The number of hydrogen-bond acceptors (Lipinski definition) is 4. The summed E-state index contributed by atoms with van der Waals surface area (Å²) < 4.78 is 25.6. The molecule has 2 aliphatic heterocycles. The van der Waals surface area contributed by atoms with Crippen molar-refractivity contribution in [3.05, 3.63) is 60.2 Å². The number of rotatable bonds is 3. The van der Waals surface area contributed by atoms with Gasteiger partial charge in [0.25, 0.3) is 11.8 Å². The van der Waals surface area contributed by atoms with Gasteiger partial charge >= 0.3 is 0 Å². The van der Waals surface area contributed by atoms with Crippen LogP contribution < -0.4 is 4.74 Å². The molecule has 3 aromatic rings. The van der Waals surface area contributed by atoms with Gasteiger partial charge in [-0.1, -0.05) is 18.2 Å². The van der Waals surface area contributed by atoms with Gasteiger partial charge in [0.2, 0.25) is 0 Å². The van der Waals surface area contributed by atoms with Gasteiger partial charge in [0.1, 0.15) is 11.7 Å². The van der Waals surface area contributed by atoms with E-state index in [1.165, 1.54) is 18.3 Å². The highest BCUT2D eigenvalue weighted by Crippen LogP contribution is 2.37. The van der Waals surface area contributed by atoms with Crippen LogP contribution in [-0.4, -0.2) is 52.2 Å². The number of likely N-dealkylation sites (tertiary alicyclic amines) is 1. The van der Waals surface area contributed by atoms with Gasteiger partial charge in [0.15, 0.2) is 5.82 Å². The first-order chi connectivity index (χ1) is 13.6. The van der Waals surface area contributed by atoms with E-state index in [0.717, 1.165) is 10.9 Å². The molecule has 2 aromatic heterocycles. The normalized spacial score (nSPS) is 20.9. The number of aromatic amines is 1. The van der Waals surface area contributed by atoms with E-state index in [0.29, 0.717) is 38.1 Å². The lowest BCUT2D eigenvalue weighted by Gasteiger charge is -2.52. The van der Waals surface area contributed by atoms with Crippen LogP contribution in [0.2, 0.25) is 0 Å². The monoisotopic (exact) mass is 381 g/mol. The lowest BCUT2D eigenvalue weighted by atomic mass is 9.84. The summed E-state index contributed by atoms with van der Waals surface area (Å²) in [4.78, 5) is 21.8. The minimum absolute atomic E-state index is 0.00881. The van der Waals surface area contributed by atoms with Crippen LogP contribution in [0.25, 0.3) is 10.9 Å². The first-order valence-corrected chi connectivity index (χ1v) is 9.40. The average molecular weight is 381 g/mol. The number of carbonyl (C=O) groups is 1. The van der Waals surface area contributed by atoms with Crippen molar-refractivity contribution in [3.63, 3.8) is 0 Å². The molecule has 1 N–H and O–H groups in total. The van der Waals surface area contributed by atoms with Gasteiger partial charge in [0.05, 0.1) is 25.3 Å². The third-order valence-electron chi connectivity index (χ3n) is 5.52. The number of nitrogens with zero attached hydrogens (tertiary/aromatic N) is 2. The third kappa shape index (κ3) is 2.92. The lowest BCUT2D eigenvalue weighted by molar-refractivity contribution is -0.174. The molecule has 0 saturated carbocycles. The van der Waals surface area contributed by atoms with Gasteiger partial charge in [-0.3, -0.25) is 4.79 Å². The maximum Gasteiger partial charge on any atom is 0.256 e. The Morgan fingerprint density at radius 3 is 3.00 bits per heavy atom. The molecular formula is C21H20FN3O3. The fourth-order valence-electron chi connectivity index (χ4n) is 4.13. The van der Waals surface area contributed by atoms with Crippen LogP contribution in [0.4, 0.5) is 4.39 Å². The number of nitrogens with one attached hydrogen (secondary N) is 1. The second-order valence-electron chi connectivity index (χ2n) is 7.46. The molecule has 6 nitrogen and oxygen atoms in total. The molecule has 7 heteroatoms. The molecule has 1 amide bonds. The molecular weight excluding hydrogens is 361 g/mol. The fraction of sp³-hybridized carbons (Fsp3) is 0.333. The number of hydrogen-bond donors (Lipinski definition) is 1. The zero-order valence-corrected chi connectivity index (χ0v) is 15.2. The summed E-state index contributed by atoms with van der Waals surface area (Å²) in [6, 6.07) is 10.6. The Morgan fingerprint density at radius 1 is 1.29 bits per heavy atom. The molecule has 2 saturated heterocycles. The van der Waals surface area contributed by atoms with Crippen LogP contribution in [0.15, 0.2) is 48.8 Å². The van der Waals surface area contributed by atoms with E-state index in [9.17, 15) is 9.18 Å². The van der Waals surface area contributed by atoms with E-state index in [-0.39, 0.29) is 17.9 Å². The van der Waals surface area contributed by atoms with E-state index < -0.39 is 11.4 Å². The number of pyridine rings is 1. The van der Waals surface area contributed by atoms with Gasteiger partial charge in [0, 0.05) is 36.1 Å². The van der Waals surface area contributed by atoms with Gasteiger partial charge in [-0.05, 0) is 18.2 Å². The number of carbonyl (C=O) groups excluding carboxylic acids is 1. The molecule has 144 valence electrons. The number of aromatic nitrogens is 2. The molecule has 0 aliphatic carbocycles. The van der Waals surface area contributed by atoms with E-state index in [1.54, 1.807) is 11.1 Å².